The third kappa shape index (κ3) is 46.0. The standard InChI is InChI=1S/C7H13N3.C4H8O.C3H7N3/c1-2-3-6-9-10-7-4-5-8;1-2-3-4-5;4-2-1-3-6-5/h6,10H,2-4,7H2,1H3;4H,2-3H2,1H3;6H,1,3,5H2/b9-6+;;. The molecular formula is C14H28N6O. The van der Waals surface area contributed by atoms with Crippen LogP contribution in [-0.2, 0) is 4.79 Å². The highest BCUT2D eigenvalue weighted by atomic mass is 16.1. The molecule has 7 nitrogen and oxygen atoms in total. The molecule has 0 radical (unpaired) electrons. The van der Waals surface area contributed by atoms with Crippen molar-refractivity contribution in [3.63, 3.8) is 0 Å². The molecule has 0 saturated carbocycles. The molecule has 120 valence electrons. The van der Waals surface area contributed by atoms with Crippen LogP contribution in [0.5, 0.6) is 0 Å². The first kappa shape index (κ1) is 24.1. The van der Waals surface area contributed by atoms with Gasteiger partial charge in [0.1, 0.15) is 6.29 Å². The lowest BCUT2D eigenvalue weighted by molar-refractivity contribution is -0.107. The smallest absolute Gasteiger partial charge is 0.119 e. The lowest BCUT2D eigenvalue weighted by atomic mass is 10.4. The summed E-state index contributed by atoms with van der Waals surface area (Å²) in [5, 5.41) is 19.9. The largest absolute Gasteiger partial charge is 0.309 e. The first-order valence-corrected chi connectivity index (χ1v) is 7.10. The monoisotopic (exact) mass is 296 g/mol. The molecule has 7 heteroatoms. The number of hydrazine groups is 1. The molecule has 0 bridgehead atoms. The van der Waals surface area contributed by atoms with E-state index in [1.807, 2.05) is 25.3 Å². The van der Waals surface area contributed by atoms with Crippen molar-refractivity contribution in [1.29, 1.82) is 10.5 Å². The Labute approximate surface area is 128 Å². The zero-order chi connectivity index (χ0) is 16.6. The molecule has 0 aromatic rings. The van der Waals surface area contributed by atoms with Crippen LogP contribution in [0, 0.1) is 22.7 Å². The van der Waals surface area contributed by atoms with Crippen LogP contribution in [-0.4, -0.2) is 25.6 Å². The molecule has 0 unspecified atom stereocenters. The van der Waals surface area contributed by atoms with E-state index in [9.17, 15) is 4.79 Å². The average molecular weight is 296 g/mol. The van der Waals surface area contributed by atoms with Gasteiger partial charge in [0.15, 0.2) is 0 Å². The fourth-order valence-electron chi connectivity index (χ4n) is 0.680. The van der Waals surface area contributed by atoms with Crippen LogP contribution in [0.4, 0.5) is 0 Å². The van der Waals surface area contributed by atoms with E-state index in [1.165, 1.54) is 0 Å². The fourth-order valence-corrected chi connectivity index (χ4v) is 0.680. The molecule has 21 heavy (non-hydrogen) atoms. The van der Waals surface area contributed by atoms with Gasteiger partial charge in [-0.1, -0.05) is 20.3 Å². The Kier molecular flexibility index (Phi) is 35.3. The molecule has 0 aliphatic carbocycles. The number of nitriles is 2. The lowest BCUT2D eigenvalue weighted by Crippen LogP contribution is -2.22. The van der Waals surface area contributed by atoms with Gasteiger partial charge in [-0.05, 0) is 12.8 Å². The number of unbranched alkanes of at least 4 members (excludes halogenated alkanes) is 2. The van der Waals surface area contributed by atoms with Gasteiger partial charge in [-0.15, -0.1) is 0 Å². The predicted octanol–water partition coefficient (Wildman–Crippen LogP) is 1.62. The second-order valence-electron chi connectivity index (χ2n) is 3.73. The van der Waals surface area contributed by atoms with Crippen molar-refractivity contribution in [2.45, 2.75) is 52.4 Å². The summed E-state index contributed by atoms with van der Waals surface area (Å²) in [6, 6.07) is 3.95. The van der Waals surface area contributed by atoms with E-state index < -0.39 is 0 Å². The van der Waals surface area contributed by atoms with Gasteiger partial charge in [-0.3, -0.25) is 11.3 Å². The highest BCUT2D eigenvalue weighted by molar-refractivity contribution is 5.56. The fraction of sp³-hybridized carbons (Fsp3) is 0.714. The average Bonchev–Trinajstić information content (AvgIpc) is 2.51. The number of carbonyl (C=O) groups excluding carboxylic acids is 1. The van der Waals surface area contributed by atoms with E-state index >= 15 is 0 Å². The second-order valence-corrected chi connectivity index (χ2v) is 3.73. The van der Waals surface area contributed by atoms with Crippen LogP contribution in [0.25, 0.3) is 0 Å². The third-order valence-electron chi connectivity index (χ3n) is 1.74. The summed E-state index contributed by atoms with van der Waals surface area (Å²) in [5.74, 6) is 4.81. The molecule has 0 aliphatic rings. The van der Waals surface area contributed by atoms with Gasteiger partial charge in [-0.2, -0.15) is 15.6 Å². The summed E-state index contributed by atoms with van der Waals surface area (Å²) in [7, 11) is 0. The molecule has 0 heterocycles. The van der Waals surface area contributed by atoms with E-state index in [0.717, 1.165) is 25.5 Å². The Bertz CT molecular complexity index is 293. The molecule has 0 saturated heterocycles. The topological polar surface area (TPSA) is 127 Å². The van der Waals surface area contributed by atoms with Crippen molar-refractivity contribution in [3.05, 3.63) is 0 Å². The summed E-state index contributed by atoms with van der Waals surface area (Å²) in [4.78, 5) is 9.40. The maximum absolute atomic E-state index is 9.40. The summed E-state index contributed by atoms with van der Waals surface area (Å²) in [6.07, 6.45) is 7.56. The molecule has 0 aromatic carbocycles. The number of nitrogens with two attached hydrogens (primary N) is 1. The lowest BCUT2D eigenvalue weighted by Gasteiger charge is -1.91. The number of nitrogens with zero attached hydrogens (tertiary/aromatic N) is 3. The zero-order valence-electron chi connectivity index (χ0n) is 13.1. The number of aldehydes is 1. The highest BCUT2D eigenvalue weighted by Crippen LogP contribution is 1.79. The molecule has 0 rings (SSSR count). The number of hydrazone groups is 1. The van der Waals surface area contributed by atoms with E-state index in [0.29, 0.717) is 32.4 Å². The Hall–Kier alpha value is -1.96. The van der Waals surface area contributed by atoms with Crippen molar-refractivity contribution in [2.24, 2.45) is 10.9 Å². The quantitative estimate of drug-likeness (QED) is 0.195. The SMILES string of the molecule is CCC/C=N/NCCC#N.CCCC=O.N#CCCNN. The van der Waals surface area contributed by atoms with Crippen molar-refractivity contribution in [1.82, 2.24) is 10.9 Å². The summed E-state index contributed by atoms with van der Waals surface area (Å²) < 4.78 is 0. The van der Waals surface area contributed by atoms with Crippen molar-refractivity contribution in [2.75, 3.05) is 13.1 Å². The van der Waals surface area contributed by atoms with Crippen LogP contribution in [0.2, 0.25) is 0 Å². The Morgan fingerprint density at radius 2 is 1.67 bits per heavy atom. The minimum Gasteiger partial charge on any atom is -0.309 e. The highest BCUT2D eigenvalue weighted by Gasteiger charge is 1.77. The summed E-state index contributed by atoms with van der Waals surface area (Å²) in [5.41, 5.74) is 5.11. The molecule has 4 N–H and O–H groups in total. The van der Waals surface area contributed by atoms with Crippen molar-refractivity contribution < 1.29 is 4.79 Å². The van der Waals surface area contributed by atoms with Crippen LogP contribution >= 0.6 is 0 Å². The Balaban J connectivity index is -0.000000252. The molecule has 0 aliphatic heterocycles. The van der Waals surface area contributed by atoms with Gasteiger partial charge < -0.3 is 10.2 Å². The molecule has 0 fully saturated rings. The van der Waals surface area contributed by atoms with Gasteiger partial charge >= 0.3 is 0 Å². The predicted molar refractivity (Wildman–Crippen MR) is 85.0 cm³/mol. The number of hydrogen-bond donors (Lipinski definition) is 3. The number of carbonyl (C=O) groups is 1. The first-order chi connectivity index (χ1) is 10.2. The molecule has 0 spiro atoms. The molecule has 0 atom stereocenters. The van der Waals surface area contributed by atoms with E-state index in [2.05, 4.69) is 22.9 Å². The van der Waals surface area contributed by atoms with Crippen LogP contribution in [0.1, 0.15) is 52.4 Å². The van der Waals surface area contributed by atoms with Crippen LogP contribution in [0.3, 0.4) is 0 Å². The zero-order valence-corrected chi connectivity index (χ0v) is 13.1. The third-order valence-corrected chi connectivity index (χ3v) is 1.74. The van der Waals surface area contributed by atoms with Gasteiger partial charge in [0.2, 0.25) is 0 Å². The summed E-state index contributed by atoms with van der Waals surface area (Å²) in [6.45, 7) is 5.31. The van der Waals surface area contributed by atoms with E-state index in [-0.39, 0.29) is 0 Å². The number of hydrogen-bond acceptors (Lipinski definition) is 7. The number of rotatable bonds is 9. The minimum atomic E-state index is 0.483. The second kappa shape index (κ2) is 30.8. The van der Waals surface area contributed by atoms with Crippen molar-refractivity contribution in [3.8, 4) is 12.1 Å². The number of nitrogens with one attached hydrogen (secondary N) is 2. The van der Waals surface area contributed by atoms with Gasteiger partial charge in [0, 0.05) is 32.1 Å². The van der Waals surface area contributed by atoms with Crippen molar-refractivity contribution >= 4 is 12.5 Å². The van der Waals surface area contributed by atoms with E-state index in [4.69, 9.17) is 16.4 Å². The van der Waals surface area contributed by atoms with Crippen LogP contribution in [0.15, 0.2) is 5.10 Å². The maximum Gasteiger partial charge on any atom is 0.119 e. The van der Waals surface area contributed by atoms with Gasteiger partial charge in [-0.25, -0.2) is 0 Å². The normalized spacial score (nSPS) is 8.43. The first-order valence-electron chi connectivity index (χ1n) is 7.10. The summed E-state index contributed by atoms with van der Waals surface area (Å²) >= 11 is 0. The maximum atomic E-state index is 9.40. The van der Waals surface area contributed by atoms with E-state index in [1.54, 1.807) is 0 Å². The molecular weight excluding hydrogens is 268 g/mol. The Morgan fingerprint density at radius 1 is 1.10 bits per heavy atom. The molecule has 0 aromatic heterocycles. The molecule has 0 amide bonds. The Morgan fingerprint density at radius 3 is 2.00 bits per heavy atom. The van der Waals surface area contributed by atoms with Gasteiger partial charge in [0.25, 0.3) is 0 Å². The van der Waals surface area contributed by atoms with Crippen LogP contribution < -0.4 is 16.7 Å². The van der Waals surface area contributed by atoms with Gasteiger partial charge in [0.05, 0.1) is 18.6 Å². The minimum absolute atomic E-state index is 0.483.